The van der Waals surface area contributed by atoms with Gasteiger partial charge >= 0.3 is 0 Å². The summed E-state index contributed by atoms with van der Waals surface area (Å²) in [7, 11) is -3.75. The Kier molecular flexibility index (Phi) is 5.96. The van der Waals surface area contributed by atoms with Gasteiger partial charge in [-0.05, 0) is 55.9 Å². The second-order valence-electron chi connectivity index (χ2n) is 6.18. The highest BCUT2D eigenvalue weighted by Crippen LogP contribution is 2.18. The molecule has 28 heavy (non-hydrogen) atoms. The van der Waals surface area contributed by atoms with Crippen molar-refractivity contribution >= 4 is 38.9 Å². The fraction of sp³-hybridized carbons (Fsp3) is 0.158. The number of nitrogens with zero attached hydrogens (tertiary/aromatic N) is 1. The molecule has 0 aliphatic rings. The van der Waals surface area contributed by atoms with E-state index in [0.29, 0.717) is 16.6 Å². The Morgan fingerprint density at radius 1 is 1.11 bits per heavy atom. The van der Waals surface area contributed by atoms with Crippen molar-refractivity contribution in [3.05, 3.63) is 72.0 Å². The molecule has 0 bridgehead atoms. The van der Waals surface area contributed by atoms with Crippen molar-refractivity contribution in [3.8, 4) is 0 Å². The summed E-state index contributed by atoms with van der Waals surface area (Å²) in [5.41, 5.74) is 1.79. The molecule has 0 unspecified atom stereocenters. The molecule has 9 heteroatoms. The molecule has 1 atom stereocenters. The van der Waals surface area contributed by atoms with Crippen LogP contribution in [0.5, 0.6) is 0 Å². The lowest BCUT2D eigenvalue weighted by atomic mass is 10.1. The Balaban J connectivity index is 1.61. The zero-order valence-electron chi connectivity index (χ0n) is 15.3. The van der Waals surface area contributed by atoms with Crippen molar-refractivity contribution in [1.82, 2.24) is 10.5 Å². The van der Waals surface area contributed by atoms with Gasteiger partial charge in [-0.1, -0.05) is 35.5 Å². The third-order valence-corrected chi connectivity index (χ3v) is 5.53. The van der Waals surface area contributed by atoms with Crippen LogP contribution in [-0.2, 0) is 10.0 Å². The zero-order chi connectivity index (χ0) is 20.1. The number of anilines is 2. The fourth-order valence-electron chi connectivity index (χ4n) is 2.52. The van der Waals surface area contributed by atoms with E-state index in [4.69, 9.17) is 16.7 Å². The minimum Gasteiger partial charge on any atom is -0.360 e. The smallest absolute Gasteiger partial charge is 0.263 e. The maximum absolute atomic E-state index is 12.4. The largest absolute Gasteiger partial charge is 0.360 e. The average Bonchev–Trinajstić information content (AvgIpc) is 3.06. The van der Waals surface area contributed by atoms with Crippen LogP contribution >= 0.6 is 12.2 Å². The summed E-state index contributed by atoms with van der Waals surface area (Å²) in [4.78, 5) is 0.107. The monoisotopic (exact) mass is 416 g/mol. The number of sulfonamides is 1. The van der Waals surface area contributed by atoms with E-state index < -0.39 is 10.0 Å². The molecule has 0 saturated heterocycles. The van der Waals surface area contributed by atoms with Crippen LogP contribution in [0.1, 0.15) is 24.3 Å². The summed E-state index contributed by atoms with van der Waals surface area (Å²) in [5, 5.41) is 10.3. The molecule has 0 spiro atoms. The molecule has 3 aromatic rings. The molecule has 0 aliphatic heterocycles. The molecule has 0 saturated carbocycles. The molecule has 1 aromatic heterocycles. The van der Waals surface area contributed by atoms with Crippen molar-refractivity contribution < 1.29 is 12.9 Å². The third-order valence-electron chi connectivity index (χ3n) is 3.94. The van der Waals surface area contributed by atoms with Gasteiger partial charge in [-0.25, -0.2) is 8.42 Å². The highest BCUT2D eigenvalue weighted by atomic mass is 32.2. The van der Waals surface area contributed by atoms with Crippen molar-refractivity contribution in [3.63, 3.8) is 0 Å². The highest BCUT2D eigenvalue weighted by molar-refractivity contribution is 7.92. The van der Waals surface area contributed by atoms with E-state index in [2.05, 4.69) is 20.5 Å². The van der Waals surface area contributed by atoms with E-state index in [0.717, 1.165) is 5.56 Å². The van der Waals surface area contributed by atoms with Gasteiger partial charge in [-0.2, -0.15) is 0 Å². The number of aryl methyl sites for hydroxylation is 1. The number of benzene rings is 2. The summed E-state index contributed by atoms with van der Waals surface area (Å²) < 4.78 is 32.0. The number of thiocarbonyl (C=S) groups is 1. The van der Waals surface area contributed by atoms with E-state index in [1.54, 1.807) is 19.1 Å². The van der Waals surface area contributed by atoms with Crippen LogP contribution in [0.2, 0.25) is 0 Å². The second kappa shape index (κ2) is 8.41. The van der Waals surface area contributed by atoms with Gasteiger partial charge < -0.3 is 15.2 Å². The van der Waals surface area contributed by atoms with Gasteiger partial charge in [0.1, 0.15) is 5.76 Å². The third kappa shape index (κ3) is 5.08. The Morgan fingerprint density at radius 2 is 1.79 bits per heavy atom. The van der Waals surface area contributed by atoms with Crippen molar-refractivity contribution in [1.29, 1.82) is 0 Å². The van der Waals surface area contributed by atoms with Crippen LogP contribution in [0.25, 0.3) is 0 Å². The fourth-order valence-corrected chi connectivity index (χ4v) is 3.80. The molecule has 3 N–H and O–H groups in total. The Morgan fingerprint density at radius 3 is 2.39 bits per heavy atom. The second-order valence-corrected chi connectivity index (χ2v) is 8.27. The summed E-state index contributed by atoms with van der Waals surface area (Å²) in [6, 6.07) is 17.7. The lowest BCUT2D eigenvalue weighted by molar-refractivity contribution is 0.400. The number of aromatic nitrogens is 1. The molecule has 0 aliphatic carbocycles. The van der Waals surface area contributed by atoms with E-state index in [1.807, 2.05) is 37.3 Å². The average molecular weight is 417 g/mol. The van der Waals surface area contributed by atoms with Gasteiger partial charge in [0.2, 0.25) is 0 Å². The van der Waals surface area contributed by atoms with Gasteiger partial charge in [0.05, 0.1) is 10.9 Å². The predicted molar refractivity (Wildman–Crippen MR) is 113 cm³/mol. The molecule has 7 nitrogen and oxygen atoms in total. The van der Waals surface area contributed by atoms with Crippen LogP contribution in [0.15, 0.2) is 70.1 Å². The summed E-state index contributed by atoms with van der Waals surface area (Å²) in [6.07, 6.45) is 0. The van der Waals surface area contributed by atoms with E-state index >= 15 is 0 Å². The van der Waals surface area contributed by atoms with Gasteiger partial charge in [0.15, 0.2) is 10.9 Å². The molecule has 0 fully saturated rings. The van der Waals surface area contributed by atoms with Gasteiger partial charge in [0.25, 0.3) is 10.0 Å². The minimum atomic E-state index is -3.75. The van der Waals surface area contributed by atoms with Crippen LogP contribution in [0.4, 0.5) is 11.5 Å². The van der Waals surface area contributed by atoms with Gasteiger partial charge in [-0.15, -0.1) is 0 Å². The maximum atomic E-state index is 12.4. The van der Waals surface area contributed by atoms with E-state index in [-0.39, 0.29) is 16.8 Å². The Labute approximate surface area is 169 Å². The minimum absolute atomic E-state index is 0.0379. The van der Waals surface area contributed by atoms with Crippen molar-refractivity contribution in [2.24, 2.45) is 0 Å². The molecule has 0 amide bonds. The molecular weight excluding hydrogens is 396 g/mol. The topological polar surface area (TPSA) is 96.3 Å². The normalized spacial score (nSPS) is 12.2. The first-order valence-electron chi connectivity index (χ1n) is 8.52. The first-order valence-corrected chi connectivity index (χ1v) is 10.4. The van der Waals surface area contributed by atoms with E-state index in [9.17, 15) is 8.42 Å². The van der Waals surface area contributed by atoms with Crippen LogP contribution in [0.3, 0.4) is 0 Å². The van der Waals surface area contributed by atoms with E-state index in [1.165, 1.54) is 18.2 Å². The van der Waals surface area contributed by atoms with Crippen LogP contribution < -0.4 is 15.4 Å². The molecule has 146 valence electrons. The zero-order valence-corrected chi connectivity index (χ0v) is 17.0. The van der Waals surface area contributed by atoms with Gasteiger partial charge in [0, 0.05) is 11.8 Å². The van der Waals surface area contributed by atoms with Crippen molar-refractivity contribution in [2.45, 2.75) is 24.8 Å². The molecular formula is C19H20N4O3S2. The summed E-state index contributed by atoms with van der Waals surface area (Å²) in [5.74, 6) is 0.656. The van der Waals surface area contributed by atoms with Crippen LogP contribution in [0, 0.1) is 6.92 Å². The lowest BCUT2D eigenvalue weighted by Crippen LogP contribution is -2.30. The molecule has 1 heterocycles. The first kappa shape index (κ1) is 19.8. The number of nitrogens with one attached hydrogen (secondary N) is 3. The van der Waals surface area contributed by atoms with Crippen LogP contribution in [-0.4, -0.2) is 18.7 Å². The Bertz CT molecular complexity index is 1050. The SMILES string of the molecule is Cc1cc(NS(=O)(=O)c2ccc(NC(=S)N[C@H](C)c3ccccc3)cc2)no1. The highest BCUT2D eigenvalue weighted by Gasteiger charge is 2.16. The molecule has 3 rings (SSSR count). The number of rotatable bonds is 6. The Hall–Kier alpha value is -2.91. The molecule has 0 radical (unpaired) electrons. The first-order chi connectivity index (χ1) is 13.3. The predicted octanol–water partition coefficient (Wildman–Crippen LogP) is 3.83. The maximum Gasteiger partial charge on any atom is 0.263 e. The standard InChI is InChI=1S/C19H20N4O3S2/c1-13-12-18(22-26-13)23-28(24,25)17-10-8-16(9-11-17)21-19(27)20-14(2)15-6-4-3-5-7-15/h3-12,14H,1-2H3,(H,22,23)(H2,20,21,27)/t14-/m1/s1. The number of hydrogen-bond acceptors (Lipinski definition) is 5. The molecule has 2 aromatic carbocycles. The lowest BCUT2D eigenvalue weighted by Gasteiger charge is -2.17. The summed E-state index contributed by atoms with van der Waals surface area (Å²) in [6.45, 7) is 3.69. The van der Waals surface area contributed by atoms with Gasteiger partial charge in [-0.3, -0.25) is 4.72 Å². The quantitative estimate of drug-likeness (QED) is 0.526. The van der Waals surface area contributed by atoms with Crippen molar-refractivity contribution in [2.75, 3.05) is 10.0 Å². The summed E-state index contributed by atoms with van der Waals surface area (Å²) >= 11 is 5.34. The number of hydrogen-bond donors (Lipinski definition) is 3.